The minimum atomic E-state index is -0.560. The third-order valence-corrected chi connectivity index (χ3v) is 2.05. The molecule has 1 aromatic rings. The van der Waals surface area contributed by atoms with E-state index < -0.39 is 6.10 Å². The van der Waals surface area contributed by atoms with Crippen LogP contribution in [0.15, 0.2) is 6.20 Å². The van der Waals surface area contributed by atoms with Crippen LogP contribution >= 0.6 is 0 Å². The molecule has 1 rings (SSSR count). The molecule has 0 amide bonds. The number of rotatable bonds is 4. The summed E-state index contributed by atoms with van der Waals surface area (Å²) in [5.74, 6) is 0. The van der Waals surface area contributed by atoms with Crippen molar-refractivity contribution in [3.63, 3.8) is 0 Å². The van der Waals surface area contributed by atoms with E-state index in [1.54, 1.807) is 25.0 Å². The first-order valence-corrected chi connectivity index (χ1v) is 4.20. The molecule has 0 bridgehead atoms. The maximum absolute atomic E-state index is 9.71. The van der Waals surface area contributed by atoms with Crippen molar-refractivity contribution in [2.45, 2.75) is 25.6 Å². The number of methoxy groups -OCH3 is 1. The maximum atomic E-state index is 9.71. The Morgan fingerprint density at radius 2 is 2.38 bits per heavy atom. The van der Waals surface area contributed by atoms with Gasteiger partial charge in [0.25, 0.3) is 0 Å². The second kappa shape index (κ2) is 4.34. The van der Waals surface area contributed by atoms with Crippen LogP contribution in [0.25, 0.3) is 0 Å². The van der Waals surface area contributed by atoms with E-state index >= 15 is 0 Å². The molecule has 5 heteroatoms. The molecule has 5 nitrogen and oxygen atoms in total. The Balaban J connectivity index is 2.58. The monoisotopic (exact) mass is 185 g/mol. The third-order valence-electron chi connectivity index (χ3n) is 2.05. The van der Waals surface area contributed by atoms with Crippen LogP contribution in [-0.4, -0.2) is 33.3 Å². The molecule has 1 aromatic heterocycles. The van der Waals surface area contributed by atoms with E-state index in [-0.39, 0.29) is 6.10 Å². The number of hydrogen-bond acceptors (Lipinski definition) is 4. The normalized spacial score (nSPS) is 15.7. The predicted molar refractivity (Wildman–Crippen MR) is 47.1 cm³/mol. The highest BCUT2D eigenvalue weighted by Gasteiger charge is 2.15. The van der Waals surface area contributed by atoms with Gasteiger partial charge in [0.2, 0.25) is 0 Å². The van der Waals surface area contributed by atoms with Gasteiger partial charge in [0, 0.05) is 20.6 Å². The fourth-order valence-electron chi connectivity index (χ4n) is 1.13. The van der Waals surface area contributed by atoms with Gasteiger partial charge in [-0.1, -0.05) is 5.21 Å². The number of aliphatic hydroxyl groups is 1. The van der Waals surface area contributed by atoms with E-state index in [0.29, 0.717) is 12.1 Å². The van der Waals surface area contributed by atoms with Crippen LogP contribution in [0.2, 0.25) is 0 Å². The Bertz CT molecular complexity index is 262. The maximum Gasteiger partial charge on any atom is 0.0997 e. The summed E-state index contributed by atoms with van der Waals surface area (Å²) in [5, 5.41) is 17.1. The van der Waals surface area contributed by atoms with Gasteiger partial charge in [0.05, 0.1) is 24.1 Å². The second-order valence-electron chi connectivity index (χ2n) is 3.08. The molecule has 0 saturated carbocycles. The summed E-state index contributed by atoms with van der Waals surface area (Å²) in [6.45, 7) is 1.91. The number of hydrogen-bond donors (Lipinski definition) is 1. The molecule has 0 saturated heterocycles. The molecule has 0 spiro atoms. The van der Waals surface area contributed by atoms with Crippen molar-refractivity contribution in [1.82, 2.24) is 15.0 Å². The zero-order chi connectivity index (χ0) is 9.84. The summed E-state index contributed by atoms with van der Waals surface area (Å²) in [6, 6.07) is 0. The van der Waals surface area contributed by atoms with E-state index in [1.807, 2.05) is 6.92 Å². The number of aryl methyl sites for hydroxylation is 1. The van der Waals surface area contributed by atoms with Crippen molar-refractivity contribution in [2.24, 2.45) is 7.05 Å². The van der Waals surface area contributed by atoms with E-state index in [2.05, 4.69) is 10.3 Å². The Kier molecular flexibility index (Phi) is 3.39. The molecule has 0 aromatic carbocycles. The van der Waals surface area contributed by atoms with Crippen LogP contribution < -0.4 is 0 Å². The molecule has 2 unspecified atom stereocenters. The lowest BCUT2D eigenvalue weighted by molar-refractivity contribution is 0.0528. The quantitative estimate of drug-likeness (QED) is 0.731. The Morgan fingerprint density at radius 1 is 1.69 bits per heavy atom. The summed E-state index contributed by atoms with van der Waals surface area (Å²) in [5.41, 5.74) is 0.712. The van der Waals surface area contributed by atoms with Crippen LogP contribution in [-0.2, 0) is 11.8 Å². The zero-order valence-electron chi connectivity index (χ0n) is 8.14. The van der Waals surface area contributed by atoms with E-state index in [4.69, 9.17) is 4.74 Å². The van der Waals surface area contributed by atoms with Gasteiger partial charge in [-0.05, 0) is 6.92 Å². The summed E-state index contributed by atoms with van der Waals surface area (Å²) in [6.07, 6.45) is 1.59. The van der Waals surface area contributed by atoms with Gasteiger partial charge in [-0.25, -0.2) is 4.68 Å². The molecule has 0 aliphatic heterocycles. The van der Waals surface area contributed by atoms with Crippen LogP contribution in [0.5, 0.6) is 0 Å². The second-order valence-corrected chi connectivity index (χ2v) is 3.08. The van der Waals surface area contributed by atoms with Crippen molar-refractivity contribution in [3.8, 4) is 0 Å². The number of aromatic nitrogens is 3. The largest absolute Gasteiger partial charge is 0.387 e. The molecular formula is C8H15N3O2. The fraction of sp³-hybridized carbons (Fsp3) is 0.750. The topological polar surface area (TPSA) is 60.2 Å². The van der Waals surface area contributed by atoms with Crippen molar-refractivity contribution in [2.75, 3.05) is 7.11 Å². The van der Waals surface area contributed by atoms with Crippen LogP contribution in [0.1, 0.15) is 25.1 Å². The molecule has 0 aliphatic rings. The Hall–Kier alpha value is -0.940. The predicted octanol–water partition coefficient (Wildman–Crippen LogP) is 0.273. The molecular weight excluding hydrogens is 170 g/mol. The van der Waals surface area contributed by atoms with E-state index in [1.165, 1.54) is 0 Å². The first-order valence-electron chi connectivity index (χ1n) is 4.20. The Morgan fingerprint density at radius 3 is 2.85 bits per heavy atom. The van der Waals surface area contributed by atoms with E-state index in [0.717, 1.165) is 0 Å². The van der Waals surface area contributed by atoms with Crippen LogP contribution in [0.4, 0.5) is 0 Å². The van der Waals surface area contributed by atoms with Crippen molar-refractivity contribution < 1.29 is 9.84 Å². The zero-order valence-corrected chi connectivity index (χ0v) is 8.14. The van der Waals surface area contributed by atoms with Crippen LogP contribution in [0, 0.1) is 0 Å². The fourth-order valence-corrected chi connectivity index (χ4v) is 1.13. The highest BCUT2D eigenvalue weighted by molar-refractivity contribution is 4.98. The molecule has 13 heavy (non-hydrogen) atoms. The number of ether oxygens (including phenoxy) is 1. The molecule has 1 N–H and O–H groups in total. The molecule has 0 aliphatic carbocycles. The van der Waals surface area contributed by atoms with Gasteiger partial charge < -0.3 is 9.84 Å². The molecule has 0 radical (unpaired) electrons. The smallest absolute Gasteiger partial charge is 0.0997 e. The molecule has 0 fully saturated rings. The third kappa shape index (κ3) is 2.50. The molecule has 74 valence electrons. The average molecular weight is 185 g/mol. The number of aliphatic hydroxyl groups excluding tert-OH is 1. The SMILES string of the molecule is COC(C)CC(O)c1cnnn1C. The lowest BCUT2D eigenvalue weighted by Crippen LogP contribution is -2.13. The standard InChI is InChI=1S/C8H15N3O2/c1-6(13-3)4-8(12)7-5-9-10-11(7)2/h5-6,8,12H,4H2,1-3H3. The van der Waals surface area contributed by atoms with Crippen LogP contribution in [0.3, 0.4) is 0 Å². The van der Waals surface area contributed by atoms with E-state index in [9.17, 15) is 5.11 Å². The summed E-state index contributed by atoms with van der Waals surface area (Å²) < 4.78 is 6.61. The minimum absolute atomic E-state index is 0.0323. The van der Waals surface area contributed by atoms with Crippen molar-refractivity contribution in [3.05, 3.63) is 11.9 Å². The Labute approximate surface area is 77.3 Å². The lowest BCUT2D eigenvalue weighted by atomic mass is 10.1. The summed E-state index contributed by atoms with van der Waals surface area (Å²) in [4.78, 5) is 0. The van der Waals surface area contributed by atoms with Gasteiger partial charge in [-0.3, -0.25) is 0 Å². The van der Waals surface area contributed by atoms with Gasteiger partial charge in [0.1, 0.15) is 0 Å². The summed E-state index contributed by atoms with van der Waals surface area (Å²) >= 11 is 0. The van der Waals surface area contributed by atoms with Crippen molar-refractivity contribution >= 4 is 0 Å². The first kappa shape index (κ1) is 10.1. The van der Waals surface area contributed by atoms with Gasteiger partial charge in [-0.15, -0.1) is 5.10 Å². The van der Waals surface area contributed by atoms with Gasteiger partial charge in [0.15, 0.2) is 0 Å². The first-order chi connectivity index (χ1) is 6.15. The highest BCUT2D eigenvalue weighted by Crippen LogP contribution is 2.16. The minimum Gasteiger partial charge on any atom is -0.387 e. The van der Waals surface area contributed by atoms with Crippen molar-refractivity contribution in [1.29, 1.82) is 0 Å². The number of nitrogens with zero attached hydrogens (tertiary/aromatic N) is 3. The highest BCUT2D eigenvalue weighted by atomic mass is 16.5. The molecule has 1 heterocycles. The summed E-state index contributed by atoms with van der Waals surface area (Å²) in [7, 11) is 3.38. The van der Waals surface area contributed by atoms with Gasteiger partial charge in [-0.2, -0.15) is 0 Å². The molecule has 2 atom stereocenters. The van der Waals surface area contributed by atoms with Gasteiger partial charge >= 0.3 is 0 Å². The average Bonchev–Trinajstić information content (AvgIpc) is 2.51. The lowest BCUT2D eigenvalue weighted by Gasteiger charge is -2.14.